The second kappa shape index (κ2) is 4.44. The molecule has 1 heterocycles. The molecule has 1 aliphatic heterocycles. The number of ether oxygens (including phenoxy) is 1. The van der Waals surface area contributed by atoms with E-state index in [1.54, 1.807) is 0 Å². The van der Waals surface area contributed by atoms with E-state index in [2.05, 4.69) is 5.18 Å². The molecule has 1 fully saturated rings. The number of hydrogen-bond donors (Lipinski definition) is 0. The normalized spacial score (nSPS) is 23.7. The Bertz CT molecular complexity index is 297. The van der Waals surface area contributed by atoms with Gasteiger partial charge in [-0.25, -0.2) is 0 Å². The molecule has 82 valence electrons. The van der Waals surface area contributed by atoms with E-state index in [-0.39, 0.29) is 0 Å². The van der Waals surface area contributed by atoms with Crippen molar-refractivity contribution in [1.82, 2.24) is 9.80 Å². The van der Waals surface area contributed by atoms with Gasteiger partial charge in [0, 0.05) is 19.4 Å². The van der Waals surface area contributed by atoms with E-state index < -0.39 is 0 Å². The minimum atomic E-state index is 0.398. The van der Waals surface area contributed by atoms with Crippen LogP contribution in [0.5, 0.6) is 0 Å². The average Bonchev–Trinajstić information content (AvgIpc) is 2.48. The van der Waals surface area contributed by atoms with Gasteiger partial charge in [0.05, 0.1) is 6.10 Å². The molecule has 0 bridgehead atoms. The van der Waals surface area contributed by atoms with E-state index >= 15 is 0 Å². The SMILES string of the molecule is CN1C=CN(COC2CCC2)/C1=C/N=O. The van der Waals surface area contributed by atoms with Gasteiger partial charge in [-0.1, -0.05) is 0 Å². The lowest BCUT2D eigenvalue weighted by atomic mass is 9.96. The van der Waals surface area contributed by atoms with Gasteiger partial charge in [-0.3, -0.25) is 0 Å². The second-order valence-electron chi connectivity index (χ2n) is 3.82. The predicted molar refractivity (Wildman–Crippen MR) is 56.2 cm³/mol. The van der Waals surface area contributed by atoms with Gasteiger partial charge < -0.3 is 14.5 Å². The molecule has 0 aromatic carbocycles. The third kappa shape index (κ3) is 2.18. The van der Waals surface area contributed by atoms with Crippen molar-refractivity contribution in [2.45, 2.75) is 25.4 Å². The van der Waals surface area contributed by atoms with E-state index in [1.807, 2.05) is 29.2 Å². The number of rotatable bonds is 4. The average molecular weight is 209 g/mol. The summed E-state index contributed by atoms with van der Waals surface area (Å²) in [4.78, 5) is 13.9. The van der Waals surface area contributed by atoms with E-state index in [0.29, 0.717) is 12.8 Å². The predicted octanol–water partition coefficient (Wildman–Crippen LogP) is 1.80. The lowest BCUT2D eigenvalue weighted by Crippen LogP contribution is -2.29. The monoisotopic (exact) mass is 209 g/mol. The van der Waals surface area contributed by atoms with Crippen molar-refractivity contribution in [1.29, 1.82) is 0 Å². The van der Waals surface area contributed by atoms with Crippen LogP contribution in [0.15, 0.2) is 29.6 Å². The molecule has 0 spiro atoms. The van der Waals surface area contributed by atoms with Gasteiger partial charge in [-0.2, -0.15) is 0 Å². The molecule has 0 saturated heterocycles. The van der Waals surface area contributed by atoms with Gasteiger partial charge in [0.1, 0.15) is 18.8 Å². The Labute approximate surface area is 89.0 Å². The summed E-state index contributed by atoms with van der Waals surface area (Å²) in [6.07, 6.45) is 9.02. The topological polar surface area (TPSA) is 45.1 Å². The third-order valence-corrected chi connectivity index (χ3v) is 2.80. The molecule has 15 heavy (non-hydrogen) atoms. The van der Waals surface area contributed by atoms with E-state index in [1.165, 1.54) is 12.6 Å². The highest BCUT2D eigenvalue weighted by molar-refractivity contribution is 5.12. The van der Waals surface area contributed by atoms with Crippen molar-refractivity contribution in [2.24, 2.45) is 5.18 Å². The first-order valence-electron chi connectivity index (χ1n) is 5.13. The first-order valence-corrected chi connectivity index (χ1v) is 5.13. The lowest BCUT2D eigenvalue weighted by Gasteiger charge is -2.29. The number of nitroso groups, excluding NO2 is 1. The van der Waals surface area contributed by atoms with Crippen molar-refractivity contribution < 1.29 is 4.74 Å². The van der Waals surface area contributed by atoms with Crippen molar-refractivity contribution in [3.05, 3.63) is 29.3 Å². The van der Waals surface area contributed by atoms with Crippen LogP contribution in [0.4, 0.5) is 0 Å². The van der Waals surface area contributed by atoms with Crippen LogP contribution in [0.3, 0.4) is 0 Å². The molecule has 0 radical (unpaired) electrons. The van der Waals surface area contributed by atoms with Crippen LogP contribution >= 0.6 is 0 Å². The van der Waals surface area contributed by atoms with Gasteiger partial charge in [-0.15, -0.1) is 4.91 Å². The molecule has 0 N–H and O–H groups in total. The van der Waals surface area contributed by atoms with Gasteiger partial charge in [-0.05, 0) is 24.4 Å². The van der Waals surface area contributed by atoms with Gasteiger partial charge in [0.25, 0.3) is 0 Å². The van der Waals surface area contributed by atoms with Crippen LogP contribution in [-0.2, 0) is 4.74 Å². The summed E-state index contributed by atoms with van der Waals surface area (Å²) in [6, 6.07) is 0. The summed E-state index contributed by atoms with van der Waals surface area (Å²) >= 11 is 0. The molecule has 5 heteroatoms. The van der Waals surface area contributed by atoms with Crippen LogP contribution < -0.4 is 0 Å². The second-order valence-corrected chi connectivity index (χ2v) is 3.82. The largest absolute Gasteiger partial charge is 0.358 e. The Morgan fingerprint density at radius 1 is 1.60 bits per heavy atom. The third-order valence-electron chi connectivity index (χ3n) is 2.80. The van der Waals surface area contributed by atoms with E-state index in [4.69, 9.17) is 4.74 Å². The summed E-state index contributed by atoms with van der Waals surface area (Å²) in [5.74, 6) is 0.754. The summed E-state index contributed by atoms with van der Waals surface area (Å²) in [6.45, 7) is 0.493. The van der Waals surface area contributed by atoms with Crippen LogP contribution in [0, 0.1) is 4.91 Å². The molecule has 0 amide bonds. The number of nitrogens with zero attached hydrogens (tertiary/aromatic N) is 3. The maximum atomic E-state index is 10.2. The fraction of sp³-hybridized carbons (Fsp3) is 0.600. The lowest BCUT2D eigenvalue weighted by molar-refractivity contribution is -0.0355. The molecule has 5 nitrogen and oxygen atoms in total. The standard InChI is InChI=1S/C10H15N3O2/c1-12-5-6-13(10(12)7-11-14)8-15-9-3-2-4-9/h5-7,9H,2-4,8H2,1H3/b10-7+. The zero-order valence-corrected chi connectivity index (χ0v) is 8.80. The highest BCUT2D eigenvalue weighted by Gasteiger charge is 2.21. The maximum absolute atomic E-state index is 10.2. The minimum Gasteiger partial charge on any atom is -0.358 e. The molecule has 0 aromatic rings. The Hall–Kier alpha value is -1.36. The molecule has 0 aromatic heterocycles. The zero-order valence-electron chi connectivity index (χ0n) is 8.80. The highest BCUT2D eigenvalue weighted by atomic mass is 16.5. The van der Waals surface area contributed by atoms with Crippen molar-refractivity contribution in [3.63, 3.8) is 0 Å². The van der Waals surface area contributed by atoms with Crippen LogP contribution in [0.1, 0.15) is 19.3 Å². The Kier molecular flexibility index (Phi) is 3.01. The van der Waals surface area contributed by atoms with Crippen LogP contribution in [0.2, 0.25) is 0 Å². The van der Waals surface area contributed by atoms with Crippen molar-refractivity contribution in [2.75, 3.05) is 13.8 Å². The summed E-state index contributed by atoms with van der Waals surface area (Å²) in [5, 5.41) is 2.79. The highest BCUT2D eigenvalue weighted by Crippen LogP contribution is 2.24. The van der Waals surface area contributed by atoms with Crippen molar-refractivity contribution in [3.8, 4) is 0 Å². The Balaban J connectivity index is 1.87. The molecular weight excluding hydrogens is 194 g/mol. The minimum absolute atomic E-state index is 0.398. The van der Waals surface area contributed by atoms with E-state index in [0.717, 1.165) is 18.7 Å². The molecule has 0 atom stereocenters. The Morgan fingerprint density at radius 3 is 3.00 bits per heavy atom. The first kappa shape index (κ1) is 10.2. The molecule has 2 aliphatic rings. The molecule has 1 aliphatic carbocycles. The van der Waals surface area contributed by atoms with Gasteiger partial charge in [0.2, 0.25) is 0 Å². The first-order chi connectivity index (χ1) is 7.31. The smallest absolute Gasteiger partial charge is 0.136 e. The zero-order chi connectivity index (χ0) is 10.7. The number of hydrogen-bond acceptors (Lipinski definition) is 5. The maximum Gasteiger partial charge on any atom is 0.136 e. The fourth-order valence-electron chi connectivity index (χ4n) is 1.58. The fourth-order valence-corrected chi connectivity index (χ4v) is 1.58. The quantitative estimate of drug-likeness (QED) is 0.662. The Morgan fingerprint density at radius 2 is 2.40 bits per heavy atom. The molecule has 2 rings (SSSR count). The molecular formula is C10H15N3O2. The van der Waals surface area contributed by atoms with Gasteiger partial charge >= 0.3 is 0 Å². The van der Waals surface area contributed by atoms with Crippen LogP contribution in [-0.4, -0.2) is 29.7 Å². The molecule has 1 saturated carbocycles. The summed E-state index contributed by atoms with van der Waals surface area (Å²) in [5.41, 5.74) is 0. The molecule has 0 unspecified atom stereocenters. The van der Waals surface area contributed by atoms with E-state index in [9.17, 15) is 4.91 Å². The van der Waals surface area contributed by atoms with Crippen LogP contribution in [0.25, 0.3) is 0 Å². The van der Waals surface area contributed by atoms with Crippen molar-refractivity contribution >= 4 is 0 Å². The van der Waals surface area contributed by atoms with Gasteiger partial charge in [0.15, 0.2) is 0 Å². The summed E-state index contributed by atoms with van der Waals surface area (Å²) < 4.78 is 5.65. The summed E-state index contributed by atoms with van der Waals surface area (Å²) in [7, 11) is 1.87.